The summed E-state index contributed by atoms with van der Waals surface area (Å²) in [6, 6.07) is 17.1. The SMILES string of the molecule is O=C(Nc1nc(-c2ccc3cc[nH]c3c2)cs1)C1CCCN1C(=O)OCc1ccccc1. The molecule has 0 aliphatic carbocycles. The summed E-state index contributed by atoms with van der Waals surface area (Å²) in [5.41, 5.74) is 3.72. The molecular weight excluding hydrogens is 424 g/mol. The van der Waals surface area contributed by atoms with Crippen molar-refractivity contribution in [3.05, 3.63) is 71.7 Å². The second kappa shape index (κ2) is 8.84. The van der Waals surface area contributed by atoms with Gasteiger partial charge in [0.2, 0.25) is 5.91 Å². The van der Waals surface area contributed by atoms with Gasteiger partial charge in [0.1, 0.15) is 12.6 Å². The van der Waals surface area contributed by atoms with E-state index in [0.717, 1.165) is 34.1 Å². The van der Waals surface area contributed by atoms with E-state index in [1.807, 2.05) is 66.2 Å². The summed E-state index contributed by atoms with van der Waals surface area (Å²) in [6.07, 6.45) is 2.80. The van der Waals surface area contributed by atoms with Crippen molar-refractivity contribution < 1.29 is 14.3 Å². The number of fused-ring (bicyclic) bond motifs is 1. The molecule has 2 aromatic heterocycles. The molecule has 2 amide bonds. The van der Waals surface area contributed by atoms with Crippen LogP contribution < -0.4 is 5.32 Å². The fourth-order valence-electron chi connectivity index (χ4n) is 3.92. The Hall–Kier alpha value is -3.65. The van der Waals surface area contributed by atoms with Crippen molar-refractivity contribution in [1.29, 1.82) is 0 Å². The van der Waals surface area contributed by atoms with Crippen molar-refractivity contribution in [2.45, 2.75) is 25.5 Å². The zero-order valence-corrected chi connectivity index (χ0v) is 18.1. The highest BCUT2D eigenvalue weighted by atomic mass is 32.1. The third-order valence-electron chi connectivity index (χ3n) is 5.58. The first kappa shape index (κ1) is 20.3. The van der Waals surface area contributed by atoms with Crippen molar-refractivity contribution in [1.82, 2.24) is 14.9 Å². The topological polar surface area (TPSA) is 87.3 Å². The van der Waals surface area contributed by atoms with E-state index in [9.17, 15) is 9.59 Å². The van der Waals surface area contributed by atoms with Crippen molar-refractivity contribution in [2.75, 3.05) is 11.9 Å². The molecule has 0 spiro atoms. The lowest BCUT2D eigenvalue weighted by Gasteiger charge is -2.22. The van der Waals surface area contributed by atoms with Gasteiger partial charge in [-0.3, -0.25) is 9.69 Å². The van der Waals surface area contributed by atoms with Gasteiger partial charge in [-0.15, -0.1) is 11.3 Å². The van der Waals surface area contributed by atoms with Crippen LogP contribution in [0.15, 0.2) is 66.2 Å². The number of carbonyl (C=O) groups excluding carboxylic acids is 2. The maximum absolute atomic E-state index is 12.9. The van der Waals surface area contributed by atoms with Gasteiger partial charge in [-0.1, -0.05) is 42.5 Å². The highest BCUT2D eigenvalue weighted by Gasteiger charge is 2.35. The molecule has 0 radical (unpaired) electrons. The number of likely N-dealkylation sites (tertiary alicyclic amines) is 1. The van der Waals surface area contributed by atoms with E-state index in [1.54, 1.807) is 0 Å². The number of aromatic amines is 1. The van der Waals surface area contributed by atoms with Crippen molar-refractivity contribution in [3.63, 3.8) is 0 Å². The Morgan fingerprint density at radius 1 is 1.19 bits per heavy atom. The van der Waals surface area contributed by atoms with Gasteiger partial charge >= 0.3 is 6.09 Å². The standard InChI is InChI=1S/C24H22N4O3S/c29-22(21-7-4-12-28(21)24(30)31-14-16-5-2-1-3-6-16)27-23-26-20(15-32-23)18-9-8-17-10-11-25-19(17)13-18/h1-3,5-6,8-11,13,15,21,25H,4,7,12,14H2,(H,26,27,29). The summed E-state index contributed by atoms with van der Waals surface area (Å²) >= 11 is 1.37. The quantitative estimate of drug-likeness (QED) is 0.450. The zero-order valence-electron chi connectivity index (χ0n) is 17.3. The molecule has 1 aliphatic rings. The first-order valence-corrected chi connectivity index (χ1v) is 11.4. The summed E-state index contributed by atoms with van der Waals surface area (Å²) < 4.78 is 5.42. The zero-order chi connectivity index (χ0) is 21.9. The van der Waals surface area contributed by atoms with Crippen LogP contribution in [-0.2, 0) is 16.1 Å². The van der Waals surface area contributed by atoms with Gasteiger partial charge in [-0.25, -0.2) is 9.78 Å². The minimum Gasteiger partial charge on any atom is -0.445 e. The first-order valence-electron chi connectivity index (χ1n) is 10.5. The van der Waals surface area contributed by atoms with Gasteiger partial charge < -0.3 is 15.0 Å². The number of anilines is 1. The minimum atomic E-state index is -0.555. The number of benzene rings is 2. The fraction of sp³-hybridized carbons (Fsp3) is 0.208. The Kier molecular flexibility index (Phi) is 5.60. The molecule has 1 saturated heterocycles. The fourth-order valence-corrected chi connectivity index (χ4v) is 4.64. The molecule has 2 N–H and O–H groups in total. The number of ether oxygens (including phenoxy) is 1. The lowest BCUT2D eigenvalue weighted by molar-refractivity contribution is -0.120. The Morgan fingerprint density at radius 3 is 2.94 bits per heavy atom. The van der Waals surface area contributed by atoms with Crippen LogP contribution in [-0.4, -0.2) is 39.5 Å². The minimum absolute atomic E-state index is 0.186. The predicted octanol–water partition coefficient (Wildman–Crippen LogP) is 5.03. The third kappa shape index (κ3) is 4.22. The van der Waals surface area contributed by atoms with Crippen LogP contribution in [0.5, 0.6) is 0 Å². The Morgan fingerprint density at radius 2 is 2.06 bits per heavy atom. The summed E-state index contributed by atoms with van der Waals surface area (Å²) in [4.78, 5) is 34.7. The number of nitrogens with zero attached hydrogens (tertiary/aromatic N) is 2. The summed E-state index contributed by atoms with van der Waals surface area (Å²) in [5.74, 6) is -0.236. The molecule has 0 bridgehead atoms. The molecule has 5 rings (SSSR count). The maximum atomic E-state index is 12.9. The number of hydrogen-bond donors (Lipinski definition) is 2. The van der Waals surface area contributed by atoms with Gasteiger partial charge in [0.05, 0.1) is 5.69 Å². The number of rotatable bonds is 5. The average molecular weight is 447 g/mol. The molecular formula is C24H22N4O3S. The Labute approximate surface area is 189 Å². The monoisotopic (exact) mass is 446 g/mol. The normalized spacial score (nSPS) is 15.8. The van der Waals surface area contributed by atoms with Crippen molar-refractivity contribution in [3.8, 4) is 11.3 Å². The van der Waals surface area contributed by atoms with Crippen molar-refractivity contribution in [2.24, 2.45) is 0 Å². The molecule has 7 nitrogen and oxygen atoms in total. The predicted molar refractivity (Wildman–Crippen MR) is 124 cm³/mol. The molecule has 8 heteroatoms. The van der Waals surface area contributed by atoms with Crippen LogP contribution in [0.2, 0.25) is 0 Å². The van der Waals surface area contributed by atoms with Crippen LogP contribution in [0.25, 0.3) is 22.2 Å². The first-order chi connectivity index (χ1) is 15.7. The smallest absolute Gasteiger partial charge is 0.410 e. The van der Waals surface area contributed by atoms with Crippen molar-refractivity contribution >= 4 is 39.4 Å². The number of carbonyl (C=O) groups is 2. The summed E-state index contributed by atoms with van der Waals surface area (Å²) in [5, 5.41) is 6.44. The molecule has 162 valence electrons. The van der Waals surface area contributed by atoms with Gasteiger partial charge in [-0.2, -0.15) is 0 Å². The Balaban J connectivity index is 1.22. The van der Waals surface area contributed by atoms with E-state index in [1.165, 1.54) is 16.2 Å². The van der Waals surface area contributed by atoms with Crippen LogP contribution in [0.1, 0.15) is 18.4 Å². The summed E-state index contributed by atoms with van der Waals surface area (Å²) in [7, 11) is 0. The number of amides is 2. The molecule has 2 aromatic carbocycles. The highest BCUT2D eigenvalue weighted by molar-refractivity contribution is 7.14. The average Bonchev–Trinajstić information content (AvgIpc) is 3.58. The van der Waals surface area contributed by atoms with E-state index in [0.29, 0.717) is 18.1 Å². The second-order valence-corrected chi connectivity index (χ2v) is 8.56. The molecule has 32 heavy (non-hydrogen) atoms. The number of aromatic nitrogens is 2. The molecule has 0 saturated carbocycles. The lowest BCUT2D eigenvalue weighted by atomic mass is 10.1. The van der Waals surface area contributed by atoms with E-state index in [4.69, 9.17) is 4.74 Å². The summed E-state index contributed by atoms with van der Waals surface area (Å²) in [6.45, 7) is 0.691. The van der Waals surface area contributed by atoms with Gasteiger partial charge in [0, 0.05) is 29.2 Å². The third-order valence-corrected chi connectivity index (χ3v) is 6.34. The lowest BCUT2D eigenvalue weighted by Crippen LogP contribution is -2.43. The number of thiazole rings is 1. The largest absolute Gasteiger partial charge is 0.445 e. The molecule has 1 unspecified atom stereocenters. The maximum Gasteiger partial charge on any atom is 0.410 e. The number of H-pyrrole nitrogens is 1. The van der Waals surface area contributed by atoms with Crippen LogP contribution in [0, 0.1) is 0 Å². The number of hydrogen-bond acceptors (Lipinski definition) is 5. The molecule has 1 fully saturated rings. The van der Waals surface area contributed by atoms with Crippen LogP contribution in [0.3, 0.4) is 0 Å². The molecule has 1 aliphatic heterocycles. The van der Waals surface area contributed by atoms with Gasteiger partial charge in [0.25, 0.3) is 0 Å². The van der Waals surface area contributed by atoms with E-state index >= 15 is 0 Å². The molecule has 3 heterocycles. The molecule has 1 atom stereocenters. The number of nitrogens with one attached hydrogen (secondary N) is 2. The highest BCUT2D eigenvalue weighted by Crippen LogP contribution is 2.28. The van der Waals surface area contributed by atoms with Crippen LogP contribution >= 0.6 is 11.3 Å². The second-order valence-electron chi connectivity index (χ2n) is 7.70. The van der Waals surface area contributed by atoms with Gasteiger partial charge in [0.15, 0.2) is 5.13 Å². The van der Waals surface area contributed by atoms with E-state index in [-0.39, 0.29) is 12.5 Å². The van der Waals surface area contributed by atoms with E-state index in [2.05, 4.69) is 15.3 Å². The van der Waals surface area contributed by atoms with E-state index < -0.39 is 12.1 Å². The Bertz CT molecular complexity index is 1250. The molecule has 4 aromatic rings. The van der Waals surface area contributed by atoms with Crippen LogP contribution in [0.4, 0.5) is 9.93 Å². The van der Waals surface area contributed by atoms with Gasteiger partial charge in [-0.05, 0) is 35.9 Å².